The fraction of sp³-hybridized carbons (Fsp3) is 0.720. The molecule has 31 heavy (non-hydrogen) atoms. The zero-order chi connectivity index (χ0) is 22.6. The molecule has 6 heteroatoms. The van der Waals surface area contributed by atoms with Crippen LogP contribution in [0.25, 0.3) is 0 Å². The van der Waals surface area contributed by atoms with E-state index < -0.39 is 18.2 Å². The molecule has 2 rings (SSSR count). The molecule has 0 saturated heterocycles. The molecule has 0 aromatic heterocycles. The molecule has 1 saturated carbocycles. The molecular formula is C25H41NO5. The predicted octanol–water partition coefficient (Wildman–Crippen LogP) is 3.78. The molecule has 176 valence electrons. The zero-order valence-corrected chi connectivity index (χ0v) is 19.1. The van der Waals surface area contributed by atoms with Crippen LogP contribution in [0, 0.1) is 11.8 Å². The van der Waals surface area contributed by atoms with Crippen molar-refractivity contribution in [2.45, 2.75) is 88.9 Å². The Bertz CT molecular complexity index is 653. The number of unbranched alkanes of at least 4 members (excludes halogenated alkanes) is 3. The lowest BCUT2D eigenvalue weighted by Gasteiger charge is -2.26. The average molecular weight is 436 g/mol. The Hall–Kier alpha value is -1.63. The molecule has 0 amide bonds. The first-order valence-electron chi connectivity index (χ1n) is 11.8. The van der Waals surface area contributed by atoms with E-state index in [0.29, 0.717) is 18.9 Å². The lowest BCUT2D eigenvalue weighted by Crippen LogP contribution is -2.29. The van der Waals surface area contributed by atoms with Gasteiger partial charge in [-0.2, -0.15) is 0 Å². The quantitative estimate of drug-likeness (QED) is 0.313. The van der Waals surface area contributed by atoms with Gasteiger partial charge in [0.2, 0.25) is 0 Å². The van der Waals surface area contributed by atoms with Crippen molar-refractivity contribution in [1.29, 1.82) is 0 Å². The molecule has 1 aromatic carbocycles. The molecule has 1 aliphatic rings. The van der Waals surface area contributed by atoms with Gasteiger partial charge in [0.1, 0.15) is 5.75 Å². The van der Waals surface area contributed by atoms with Crippen molar-refractivity contribution in [3.63, 3.8) is 0 Å². The number of rotatable bonds is 15. The number of carboxylic acid groups (broad SMARTS) is 1. The number of carbonyl (C=O) groups is 1. The van der Waals surface area contributed by atoms with Crippen molar-refractivity contribution >= 4 is 5.97 Å². The third-order valence-electron chi connectivity index (χ3n) is 6.87. The van der Waals surface area contributed by atoms with E-state index in [9.17, 15) is 15.0 Å². The summed E-state index contributed by atoms with van der Waals surface area (Å²) in [5.74, 6) is 0.430. The minimum absolute atomic E-state index is 0.140. The number of carboxylic acids is 1. The van der Waals surface area contributed by atoms with E-state index in [4.69, 9.17) is 9.84 Å². The summed E-state index contributed by atoms with van der Waals surface area (Å²) in [6.07, 6.45) is 8.22. The Morgan fingerprint density at radius 2 is 1.81 bits per heavy atom. The molecule has 1 aromatic rings. The summed E-state index contributed by atoms with van der Waals surface area (Å²) in [6, 6.07) is 8.55. The molecule has 5 atom stereocenters. The van der Waals surface area contributed by atoms with Crippen molar-refractivity contribution in [3.8, 4) is 5.75 Å². The van der Waals surface area contributed by atoms with Crippen molar-refractivity contribution in [1.82, 2.24) is 5.32 Å². The lowest BCUT2D eigenvalue weighted by molar-refractivity contribution is -0.137. The van der Waals surface area contributed by atoms with Crippen LogP contribution in [-0.4, -0.2) is 53.7 Å². The second-order valence-corrected chi connectivity index (χ2v) is 9.00. The number of nitrogens with one attached hydrogen (secondary N) is 1. The number of hydrogen-bond acceptors (Lipinski definition) is 5. The Balaban J connectivity index is 1.77. The van der Waals surface area contributed by atoms with E-state index in [-0.39, 0.29) is 18.3 Å². The molecule has 0 heterocycles. The molecule has 1 aliphatic carbocycles. The van der Waals surface area contributed by atoms with Crippen LogP contribution in [0.5, 0.6) is 5.75 Å². The molecule has 5 unspecified atom stereocenters. The highest BCUT2D eigenvalue weighted by Crippen LogP contribution is 2.39. The summed E-state index contributed by atoms with van der Waals surface area (Å²) in [6.45, 7) is 0. The van der Waals surface area contributed by atoms with E-state index in [1.54, 1.807) is 7.11 Å². The van der Waals surface area contributed by atoms with Crippen LogP contribution in [0.15, 0.2) is 24.3 Å². The summed E-state index contributed by atoms with van der Waals surface area (Å²) in [5.41, 5.74) is 1.26. The van der Waals surface area contributed by atoms with Crippen molar-refractivity contribution in [3.05, 3.63) is 29.8 Å². The third kappa shape index (κ3) is 8.79. The fourth-order valence-corrected chi connectivity index (χ4v) is 4.99. The number of ether oxygens (including phenoxy) is 1. The van der Waals surface area contributed by atoms with E-state index >= 15 is 0 Å². The molecular weight excluding hydrogens is 394 g/mol. The van der Waals surface area contributed by atoms with Gasteiger partial charge in [0.25, 0.3) is 0 Å². The van der Waals surface area contributed by atoms with E-state index in [1.807, 2.05) is 19.2 Å². The van der Waals surface area contributed by atoms with Gasteiger partial charge in [-0.1, -0.05) is 31.4 Å². The van der Waals surface area contributed by atoms with Crippen molar-refractivity contribution < 1.29 is 24.9 Å². The topological polar surface area (TPSA) is 99.0 Å². The fourth-order valence-electron chi connectivity index (χ4n) is 4.99. The summed E-state index contributed by atoms with van der Waals surface area (Å²) >= 11 is 0. The normalized spacial score (nSPS) is 24.3. The van der Waals surface area contributed by atoms with Gasteiger partial charge >= 0.3 is 5.97 Å². The maximum Gasteiger partial charge on any atom is 0.303 e. The average Bonchev–Trinajstić information content (AvgIpc) is 3.03. The van der Waals surface area contributed by atoms with Crippen LogP contribution in [0.1, 0.15) is 69.8 Å². The highest BCUT2D eigenvalue weighted by atomic mass is 16.5. The van der Waals surface area contributed by atoms with Gasteiger partial charge < -0.3 is 25.4 Å². The minimum atomic E-state index is -0.736. The SMILES string of the molecule is CNC(CCc1cccc(OC)c1)CCC1C(O)CC(O)C1CCCCCCC(=O)O. The number of aliphatic hydroxyl groups is 2. The predicted molar refractivity (Wildman–Crippen MR) is 122 cm³/mol. The lowest BCUT2D eigenvalue weighted by atomic mass is 9.84. The molecule has 0 aliphatic heterocycles. The van der Waals surface area contributed by atoms with Crippen LogP contribution < -0.4 is 10.1 Å². The summed E-state index contributed by atoms with van der Waals surface area (Å²) in [4.78, 5) is 10.6. The first-order valence-corrected chi connectivity index (χ1v) is 11.8. The Kier molecular flexibility index (Phi) is 11.3. The highest BCUT2D eigenvalue weighted by molar-refractivity contribution is 5.66. The van der Waals surface area contributed by atoms with Gasteiger partial charge in [-0.05, 0) is 81.5 Å². The van der Waals surface area contributed by atoms with Gasteiger partial charge in [0.05, 0.1) is 19.3 Å². The Morgan fingerprint density at radius 1 is 1.10 bits per heavy atom. The summed E-state index contributed by atoms with van der Waals surface area (Å²) < 4.78 is 5.31. The Labute approximate surface area is 187 Å². The third-order valence-corrected chi connectivity index (χ3v) is 6.87. The molecule has 1 fully saturated rings. The molecule has 6 nitrogen and oxygen atoms in total. The van der Waals surface area contributed by atoms with Gasteiger partial charge in [-0.15, -0.1) is 0 Å². The van der Waals surface area contributed by atoms with Gasteiger partial charge in [0.15, 0.2) is 0 Å². The highest BCUT2D eigenvalue weighted by Gasteiger charge is 2.40. The maximum absolute atomic E-state index is 10.6. The monoisotopic (exact) mass is 435 g/mol. The number of hydrogen-bond donors (Lipinski definition) is 4. The largest absolute Gasteiger partial charge is 0.497 e. The number of methoxy groups -OCH3 is 1. The standard InChI is InChI=1S/C25H41NO5/c1-26-19(13-12-18-8-7-9-20(16-18)31-2)14-15-22-21(23(27)17-24(22)28)10-5-3-4-6-11-25(29)30/h7-9,16,19,21-24,26-28H,3-6,10-15,17H2,1-2H3,(H,29,30). The molecule has 0 radical (unpaired) electrons. The van der Waals surface area contributed by atoms with Crippen LogP contribution in [0.2, 0.25) is 0 Å². The van der Waals surface area contributed by atoms with Gasteiger partial charge in [-0.3, -0.25) is 4.79 Å². The second-order valence-electron chi connectivity index (χ2n) is 9.00. The number of aliphatic carboxylic acids is 1. The minimum Gasteiger partial charge on any atom is -0.497 e. The maximum atomic E-state index is 10.6. The summed E-state index contributed by atoms with van der Waals surface area (Å²) in [5, 5.41) is 33.1. The van der Waals surface area contributed by atoms with E-state index in [2.05, 4.69) is 17.4 Å². The van der Waals surface area contributed by atoms with Gasteiger partial charge in [0, 0.05) is 12.5 Å². The molecule has 0 spiro atoms. The number of aryl methyl sites for hydroxylation is 1. The second kappa shape index (κ2) is 13.7. The summed E-state index contributed by atoms with van der Waals surface area (Å²) in [7, 11) is 3.67. The number of benzene rings is 1. The zero-order valence-electron chi connectivity index (χ0n) is 19.1. The molecule has 0 bridgehead atoms. The van der Waals surface area contributed by atoms with E-state index in [1.165, 1.54) is 5.56 Å². The van der Waals surface area contributed by atoms with Crippen LogP contribution in [0.4, 0.5) is 0 Å². The van der Waals surface area contributed by atoms with Gasteiger partial charge in [-0.25, -0.2) is 0 Å². The first-order chi connectivity index (χ1) is 14.9. The Morgan fingerprint density at radius 3 is 2.48 bits per heavy atom. The smallest absolute Gasteiger partial charge is 0.303 e. The van der Waals surface area contributed by atoms with E-state index in [0.717, 1.165) is 57.1 Å². The number of aliphatic hydroxyl groups excluding tert-OH is 2. The van der Waals surface area contributed by atoms with Crippen LogP contribution in [0.3, 0.4) is 0 Å². The molecule has 4 N–H and O–H groups in total. The van der Waals surface area contributed by atoms with Crippen molar-refractivity contribution in [2.75, 3.05) is 14.2 Å². The van der Waals surface area contributed by atoms with Crippen LogP contribution >= 0.6 is 0 Å². The van der Waals surface area contributed by atoms with Crippen molar-refractivity contribution in [2.24, 2.45) is 11.8 Å². The first kappa shape index (κ1) is 25.6. The van der Waals surface area contributed by atoms with Crippen LogP contribution in [-0.2, 0) is 11.2 Å².